The van der Waals surface area contributed by atoms with Gasteiger partial charge in [-0.15, -0.1) is 0 Å². The van der Waals surface area contributed by atoms with Crippen molar-refractivity contribution in [2.45, 2.75) is 0 Å². The van der Waals surface area contributed by atoms with E-state index in [9.17, 15) is 0 Å². The van der Waals surface area contributed by atoms with E-state index in [1.807, 2.05) is 0 Å². The SMILES string of the molecule is c1ccc(-c2cn3c4ccc(-c5ccc(N(c6ccccc6)c6ccccc6)cc5)cc4nc3c3ccccc23)cc1. The molecule has 0 unspecified atom stereocenters. The van der Waals surface area contributed by atoms with Crippen molar-refractivity contribution >= 4 is 44.5 Å². The predicted octanol–water partition coefficient (Wildman–Crippen LogP) is 10.4. The standard InChI is InChI=1S/C39H27N3/c1-4-12-29(13-5-1)36-27-41-38-25-22-30(26-37(38)40-39(41)35-19-11-10-18-34(35)36)28-20-23-33(24-21-28)42(31-14-6-2-7-15-31)32-16-8-3-9-17-32/h1-27H. The maximum atomic E-state index is 5.14. The van der Waals surface area contributed by atoms with Gasteiger partial charge in [-0.2, -0.15) is 0 Å². The molecule has 0 saturated heterocycles. The van der Waals surface area contributed by atoms with Crippen molar-refractivity contribution < 1.29 is 0 Å². The summed E-state index contributed by atoms with van der Waals surface area (Å²) in [6, 6.07) is 55.6. The minimum absolute atomic E-state index is 0.981. The normalized spacial score (nSPS) is 11.3. The van der Waals surface area contributed by atoms with Gasteiger partial charge in [0.2, 0.25) is 0 Å². The molecule has 8 rings (SSSR count). The molecule has 0 aliphatic carbocycles. The van der Waals surface area contributed by atoms with Crippen molar-refractivity contribution in [1.29, 1.82) is 0 Å². The lowest BCUT2D eigenvalue weighted by Gasteiger charge is -2.25. The number of pyridine rings is 1. The minimum atomic E-state index is 0.981. The van der Waals surface area contributed by atoms with Crippen molar-refractivity contribution in [1.82, 2.24) is 9.38 Å². The Labute approximate surface area is 244 Å². The zero-order chi connectivity index (χ0) is 27.9. The second-order valence-electron chi connectivity index (χ2n) is 10.5. The molecular formula is C39H27N3. The number of hydrogen-bond donors (Lipinski definition) is 0. The van der Waals surface area contributed by atoms with Crippen LogP contribution < -0.4 is 4.90 Å². The maximum Gasteiger partial charge on any atom is 0.145 e. The largest absolute Gasteiger partial charge is 0.311 e. The Bertz CT molecular complexity index is 2130. The summed E-state index contributed by atoms with van der Waals surface area (Å²) in [6.07, 6.45) is 2.23. The molecule has 0 amide bonds. The molecule has 0 N–H and O–H groups in total. The second kappa shape index (κ2) is 10.1. The van der Waals surface area contributed by atoms with Gasteiger partial charge < -0.3 is 4.90 Å². The van der Waals surface area contributed by atoms with Gasteiger partial charge in [-0.3, -0.25) is 4.40 Å². The third-order valence-corrected chi connectivity index (χ3v) is 7.98. The Morgan fingerprint density at radius 1 is 0.452 bits per heavy atom. The maximum absolute atomic E-state index is 5.14. The lowest BCUT2D eigenvalue weighted by molar-refractivity contribution is 1.25. The molecule has 0 atom stereocenters. The number of fused-ring (bicyclic) bond motifs is 5. The van der Waals surface area contributed by atoms with Gasteiger partial charge in [0.25, 0.3) is 0 Å². The van der Waals surface area contributed by atoms with Crippen LogP contribution in [0.4, 0.5) is 17.1 Å². The number of para-hydroxylation sites is 2. The van der Waals surface area contributed by atoms with E-state index in [0.717, 1.165) is 50.3 Å². The number of rotatable bonds is 5. The summed E-state index contributed by atoms with van der Waals surface area (Å²) >= 11 is 0. The molecule has 0 bridgehead atoms. The highest BCUT2D eigenvalue weighted by molar-refractivity contribution is 6.05. The average Bonchev–Trinajstić information content (AvgIpc) is 3.44. The van der Waals surface area contributed by atoms with Crippen molar-refractivity contribution in [3.05, 3.63) is 164 Å². The number of hydrogen-bond acceptors (Lipinski definition) is 2. The van der Waals surface area contributed by atoms with Crippen molar-refractivity contribution in [3.8, 4) is 22.3 Å². The van der Waals surface area contributed by atoms with Crippen LogP contribution in [0.5, 0.6) is 0 Å². The first-order valence-corrected chi connectivity index (χ1v) is 14.2. The van der Waals surface area contributed by atoms with E-state index in [4.69, 9.17) is 4.98 Å². The molecule has 0 aliphatic rings. The molecule has 2 heterocycles. The number of nitrogens with zero attached hydrogens (tertiary/aromatic N) is 3. The molecule has 0 radical (unpaired) electrons. The predicted molar refractivity (Wildman–Crippen MR) is 176 cm³/mol. The van der Waals surface area contributed by atoms with Crippen LogP contribution in [0.1, 0.15) is 0 Å². The minimum Gasteiger partial charge on any atom is -0.311 e. The fourth-order valence-electron chi connectivity index (χ4n) is 5.96. The Morgan fingerprint density at radius 2 is 1.00 bits per heavy atom. The molecule has 2 aromatic heterocycles. The van der Waals surface area contributed by atoms with Gasteiger partial charge in [0, 0.05) is 34.2 Å². The summed E-state index contributed by atoms with van der Waals surface area (Å²) < 4.78 is 2.24. The third kappa shape index (κ3) is 4.11. The fourth-order valence-corrected chi connectivity index (χ4v) is 5.96. The molecule has 6 aromatic carbocycles. The van der Waals surface area contributed by atoms with Crippen LogP contribution in [0.3, 0.4) is 0 Å². The van der Waals surface area contributed by atoms with Crippen LogP contribution in [-0.2, 0) is 0 Å². The number of benzene rings is 6. The zero-order valence-electron chi connectivity index (χ0n) is 22.9. The van der Waals surface area contributed by atoms with Gasteiger partial charge in [-0.05, 0) is 70.6 Å². The monoisotopic (exact) mass is 537 g/mol. The topological polar surface area (TPSA) is 20.5 Å². The Kier molecular flexibility index (Phi) is 5.79. The summed E-state index contributed by atoms with van der Waals surface area (Å²) in [7, 11) is 0. The Hall–Kier alpha value is -5.67. The summed E-state index contributed by atoms with van der Waals surface area (Å²) in [5, 5.41) is 2.37. The highest BCUT2D eigenvalue weighted by atomic mass is 15.1. The molecule has 0 saturated carbocycles. The van der Waals surface area contributed by atoms with Crippen LogP contribution in [0.2, 0.25) is 0 Å². The first kappa shape index (κ1) is 24.2. The highest BCUT2D eigenvalue weighted by Gasteiger charge is 2.15. The molecule has 0 spiro atoms. The van der Waals surface area contributed by atoms with Crippen LogP contribution in [-0.4, -0.2) is 9.38 Å². The van der Waals surface area contributed by atoms with E-state index in [2.05, 4.69) is 173 Å². The van der Waals surface area contributed by atoms with Crippen molar-refractivity contribution in [3.63, 3.8) is 0 Å². The molecule has 198 valence electrons. The van der Waals surface area contributed by atoms with Crippen molar-refractivity contribution in [2.24, 2.45) is 0 Å². The first-order chi connectivity index (χ1) is 20.8. The molecular weight excluding hydrogens is 510 g/mol. The number of anilines is 3. The quantitative estimate of drug-likeness (QED) is 0.218. The van der Waals surface area contributed by atoms with E-state index < -0.39 is 0 Å². The molecule has 0 aliphatic heterocycles. The molecule has 0 fully saturated rings. The smallest absolute Gasteiger partial charge is 0.145 e. The van der Waals surface area contributed by atoms with E-state index >= 15 is 0 Å². The van der Waals surface area contributed by atoms with Gasteiger partial charge in [0.15, 0.2) is 0 Å². The van der Waals surface area contributed by atoms with Gasteiger partial charge in [0.05, 0.1) is 11.0 Å². The summed E-state index contributed by atoms with van der Waals surface area (Å²) in [5.41, 5.74) is 11.2. The van der Waals surface area contributed by atoms with Gasteiger partial charge in [-0.1, -0.05) is 109 Å². The van der Waals surface area contributed by atoms with Crippen LogP contribution in [0, 0.1) is 0 Å². The van der Waals surface area contributed by atoms with E-state index in [1.54, 1.807) is 0 Å². The third-order valence-electron chi connectivity index (χ3n) is 7.98. The molecule has 3 nitrogen and oxygen atoms in total. The Balaban J connectivity index is 1.22. The Morgan fingerprint density at radius 3 is 1.67 bits per heavy atom. The second-order valence-corrected chi connectivity index (χ2v) is 10.5. The van der Waals surface area contributed by atoms with E-state index in [-0.39, 0.29) is 0 Å². The highest BCUT2D eigenvalue weighted by Crippen LogP contribution is 2.37. The van der Waals surface area contributed by atoms with Gasteiger partial charge >= 0.3 is 0 Å². The average molecular weight is 538 g/mol. The van der Waals surface area contributed by atoms with Crippen LogP contribution >= 0.6 is 0 Å². The summed E-state index contributed by atoms with van der Waals surface area (Å²) in [4.78, 5) is 7.43. The fraction of sp³-hybridized carbons (Fsp3) is 0. The lowest BCUT2D eigenvalue weighted by atomic mass is 10.0. The molecule has 8 aromatic rings. The van der Waals surface area contributed by atoms with Crippen LogP contribution in [0.25, 0.3) is 49.7 Å². The molecule has 3 heteroatoms. The number of aromatic nitrogens is 2. The van der Waals surface area contributed by atoms with Crippen LogP contribution in [0.15, 0.2) is 164 Å². The summed E-state index contributed by atoms with van der Waals surface area (Å²) in [5.74, 6) is 0. The number of imidazole rings is 1. The first-order valence-electron chi connectivity index (χ1n) is 14.2. The van der Waals surface area contributed by atoms with Crippen molar-refractivity contribution in [2.75, 3.05) is 4.90 Å². The van der Waals surface area contributed by atoms with E-state index in [0.29, 0.717) is 0 Å². The van der Waals surface area contributed by atoms with Gasteiger partial charge in [-0.25, -0.2) is 4.98 Å². The van der Waals surface area contributed by atoms with E-state index in [1.165, 1.54) is 16.5 Å². The lowest BCUT2D eigenvalue weighted by Crippen LogP contribution is -2.09. The van der Waals surface area contributed by atoms with Gasteiger partial charge in [0.1, 0.15) is 5.65 Å². The molecule has 42 heavy (non-hydrogen) atoms. The summed E-state index contributed by atoms with van der Waals surface area (Å²) in [6.45, 7) is 0. The zero-order valence-corrected chi connectivity index (χ0v) is 22.9.